The normalized spacial score (nSPS) is 10.6. The van der Waals surface area contributed by atoms with Crippen LogP contribution in [-0.2, 0) is 16.0 Å². The van der Waals surface area contributed by atoms with E-state index < -0.39 is 5.97 Å². The van der Waals surface area contributed by atoms with Crippen LogP contribution in [0, 0.1) is 6.92 Å². The summed E-state index contributed by atoms with van der Waals surface area (Å²) in [6.07, 6.45) is 0.611. The van der Waals surface area contributed by atoms with Gasteiger partial charge in [0.2, 0.25) is 0 Å². The second-order valence-corrected chi connectivity index (χ2v) is 7.15. The van der Waals surface area contributed by atoms with Crippen molar-refractivity contribution in [2.75, 3.05) is 26.4 Å². The van der Waals surface area contributed by atoms with E-state index in [1.54, 1.807) is 6.07 Å². The van der Waals surface area contributed by atoms with Gasteiger partial charge in [-0.2, -0.15) is 0 Å². The number of fused-ring (bicyclic) bond motifs is 1. The molecule has 7 heteroatoms. The Hall–Kier alpha value is -3.61. The zero-order chi connectivity index (χ0) is 22.9. The molecule has 3 aromatic rings. The van der Waals surface area contributed by atoms with Crippen LogP contribution in [0.2, 0.25) is 0 Å². The van der Waals surface area contributed by atoms with Crippen LogP contribution in [0.3, 0.4) is 0 Å². The van der Waals surface area contributed by atoms with Crippen LogP contribution in [0.4, 0.5) is 0 Å². The molecule has 0 spiro atoms. The average Bonchev–Trinajstić information content (AvgIpc) is 2.78. The lowest BCUT2D eigenvalue weighted by molar-refractivity contribution is -0.124. The van der Waals surface area contributed by atoms with E-state index in [2.05, 4.69) is 10.3 Å². The monoisotopic (exact) mass is 436 g/mol. The van der Waals surface area contributed by atoms with Gasteiger partial charge in [0, 0.05) is 17.6 Å². The number of carbonyl (C=O) groups excluding carboxylic acids is 2. The maximum atomic E-state index is 12.5. The van der Waals surface area contributed by atoms with E-state index in [0.29, 0.717) is 59.8 Å². The third kappa shape index (κ3) is 5.97. The van der Waals surface area contributed by atoms with Crippen molar-refractivity contribution in [1.29, 1.82) is 0 Å². The fraction of sp³-hybridized carbons (Fsp3) is 0.320. The van der Waals surface area contributed by atoms with Gasteiger partial charge in [0.05, 0.1) is 24.3 Å². The molecule has 0 bridgehead atoms. The van der Waals surface area contributed by atoms with Gasteiger partial charge in [-0.1, -0.05) is 24.3 Å². The molecule has 0 saturated heterocycles. The molecule has 0 aliphatic rings. The Morgan fingerprint density at radius 1 is 0.969 bits per heavy atom. The second kappa shape index (κ2) is 11.1. The molecule has 7 nitrogen and oxygen atoms in total. The zero-order valence-corrected chi connectivity index (χ0v) is 18.6. The van der Waals surface area contributed by atoms with Gasteiger partial charge >= 0.3 is 5.97 Å². The molecule has 0 atom stereocenters. The van der Waals surface area contributed by atoms with E-state index in [9.17, 15) is 9.59 Å². The van der Waals surface area contributed by atoms with Crippen LogP contribution in [0.5, 0.6) is 11.5 Å². The van der Waals surface area contributed by atoms with Gasteiger partial charge < -0.3 is 19.5 Å². The molecular formula is C25H28N2O5. The summed E-state index contributed by atoms with van der Waals surface area (Å²) in [6, 6.07) is 14.7. The summed E-state index contributed by atoms with van der Waals surface area (Å²) in [4.78, 5) is 29.1. The van der Waals surface area contributed by atoms with Crippen molar-refractivity contribution < 1.29 is 23.8 Å². The van der Waals surface area contributed by atoms with Gasteiger partial charge in [-0.3, -0.25) is 9.78 Å². The van der Waals surface area contributed by atoms with E-state index >= 15 is 0 Å². The number of rotatable bonds is 10. The Bertz CT molecular complexity index is 1100. The third-order valence-corrected chi connectivity index (χ3v) is 4.74. The SMILES string of the molecule is CCOc1ccc(CCNC(=O)COC(=O)c2cc(C)nc3ccccc23)cc1OCC. The van der Waals surface area contributed by atoms with Crippen LogP contribution in [0.15, 0.2) is 48.5 Å². The molecule has 1 heterocycles. The first-order chi connectivity index (χ1) is 15.5. The summed E-state index contributed by atoms with van der Waals surface area (Å²) in [5.41, 5.74) is 2.83. The lowest BCUT2D eigenvalue weighted by Crippen LogP contribution is -2.30. The quantitative estimate of drug-likeness (QED) is 0.486. The molecule has 168 valence electrons. The molecule has 3 rings (SSSR count). The van der Waals surface area contributed by atoms with Crippen LogP contribution < -0.4 is 14.8 Å². The molecular weight excluding hydrogens is 408 g/mol. The molecule has 0 unspecified atom stereocenters. The zero-order valence-electron chi connectivity index (χ0n) is 18.6. The standard InChI is InChI=1S/C25H28N2O5/c1-4-30-22-11-10-18(15-23(22)31-5-2)12-13-26-24(28)16-32-25(29)20-14-17(3)27-21-9-7-6-8-19(20)21/h6-11,14-15H,4-5,12-13,16H2,1-3H3,(H,26,28). The smallest absolute Gasteiger partial charge is 0.339 e. The molecule has 1 aromatic heterocycles. The lowest BCUT2D eigenvalue weighted by Gasteiger charge is -2.13. The summed E-state index contributed by atoms with van der Waals surface area (Å²) in [5, 5.41) is 3.48. The molecule has 1 amide bonds. The summed E-state index contributed by atoms with van der Waals surface area (Å²) in [5.74, 6) is 0.485. The van der Waals surface area contributed by atoms with Gasteiger partial charge in [-0.05, 0) is 57.0 Å². The summed E-state index contributed by atoms with van der Waals surface area (Å²) in [7, 11) is 0. The van der Waals surface area contributed by atoms with Crippen LogP contribution in [0.25, 0.3) is 10.9 Å². The highest BCUT2D eigenvalue weighted by Gasteiger charge is 2.15. The minimum absolute atomic E-state index is 0.345. The van der Waals surface area contributed by atoms with Gasteiger partial charge in [-0.25, -0.2) is 4.79 Å². The number of amides is 1. The van der Waals surface area contributed by atoms with Crippen LogP contribution >= 0.6 is 0 Å². The van der Waals surface area contributed by atoms with Crippen molar-refractivity contribution in [2.24, 2.45) is 0 Å². The number of pyridine rings is 1. The number of esters is 1. The van der Waals surface area contributed by atoms with E-state index in [1.807, 2.05) is 63.2 Å². The number of nitrogens with zero attached hydrogens (tertiary/aromatic N) is 1. The summed E-state index contributed by atoms with van der Waals surface area (Å²) < 4.78 is 16.4. The molecule has 0 fully saturated rings. The number of hydrogen-bond acceptors (Lipinski definition) is 6. The summed E-state index contributed by atoms with van der Waals surface area (Å²) >= 11 is 0. The largest absolute Gasteiger partial charge is 0.490 e. The minimum atomic E-state index is -0.547. The van der Waals surface area contributed by atoms with Gasteiger partial charge in [-0.15, -0.1) is 0 Å². The number of carbonyl (C=O) groups is 2. The van der Waals surface area contributed by atoms with E-state index in [-0.39, 0.29) is 12.5 Å². The summed E-state index contributed by atoms with van der Waals surface area (Å²) in [6.45, 7) is 6.81. The Kier molecular flexibility index (Phi) is 8.02. The molecule has 2 aromatic carbocycles. The Labute approximate surface area is 187 Å². The molecule has 0 radical (unpaired) electrons. The van der Waals surface area contributed by atoms with E-state index in [4.69, 9.17) is 14.2 Å². The number of para-hydroxylation sites is 1. The minimum Gasteiger partial charge on any atom is -0.490 e. The maximum absolute atomic E-state index is 12.5. The molecule has 0 saturated carbocycles. The average molecular weight is 437 g/mol. The highest BCUT2D eigenvalue weighted by Crippen LogP contribution is 2.28. The number of ether oxygens (including phenoxy) is 3. The van der Waals surface area contributed by atoms with Crippen molar-refractivity contribution in [1.82, 2.24) is 10.3 Å². The van der Waals surface area contributed by atoms with Crippen molar-refractivity contribution in [3.8, 4) is 11.5 Å². The van der Waals surface area contributed by atoms with Gasteiger partial charge in [0.15, 0.2) is 18.1 Å². The van der Waals surface area contributed by atoms with E-state index in [0.717, 1.165) is 5.56 Å². The Morgan fingerprint density at radius 2 is 1.72 bits per heavy atom. The van der Waals surface area contributed by atoms with Crippen molar-refractivity contribution in [2.45, 2.75) is 27.2 Å². The maximum Gasteiger partial charge on any atom is 0.339 e. The third-order valence-electron chi connectivity index (χ3n) is 4.74. The van der Waals surface area contributed by atoms with Crippen LogP contribution in [0.1, 0.15) is 35.5 Å². The van der Waals surface area contributed by atoms with Gasteiger partial charge in [0.25, 0.3) is 5.91 Å². The Morgan fingerprint density at radius 3 is 2.50 bits per heavy atom. The Balaban J connectivity index is 1.52. The highest BCUT2D eigenvalue weighted by molar-refractivity contribution is 6.04. The number of aromatic nitrogens is 1. The first-order valence-electron chi connectivity index (χ1n) is 10.7. The van der Waals surface area contributed by atoms with E-state index in [1.165, 1.54) is 0 Å². The first kappa shape index (κ1) is 23.1. The number of nitrogens with one attached hydrogen (secondary N) is 1. The van der Waals surface area contributed by atoms with Crippen molar-refractivity contribution in [3.63, 3.8) is 0 Å². The topological polar surface area (TPSA) is 86.8 Å². The number of benzene rings is 2. The molecule has 1 N–H and O–H groups in total. The second-order valence-electron chi connectivity index (χ2n) is 7.15. The fourth-order valence-electron chi connectivity index (χ4n) is 3.33. The molecule has 0 aliphatic carbocycles. The number of hydrogen-bond donors (Lipinski definition) is 1. The fourth-order valence-corrected chi connectivity index (χ4v) is 3.33. The lowest BCUT2D eigenvalue weighted by atomic mass is 10.1. The van der Waals surface area contributed by atoms with Gasteiger partial charge in [0.1, 0.15) is 0 Å². The predicted octanol–water partition coefficient (Wildman–Crippen LogP) is 3.86. The van der Waals surface area contributed by atoms with Crippen molar-refractivity contribution in [3.05, 3.63) is 65.4 Å². The number of aryl methyl sites for hydroxylation is 1. The van der Waals surface area contributed by atoms with Crippen LogP contribution in [-0.4, -0.2) is 43.2 Å². The van der Waals surface area contributed by atoms with Crippen molar-refractivity contribution >= 4 is 22.8 Å². The first-order valence-corrected chi connectivity index (χ1v) is 10.7. The molecule has 32 heavy (non-hydrogen) atoms. The predicted molar refractivity (Wildman–Crippen MR) is 122 cm³/mol. The molecule has 0 aliphatic heterocycles. The highest BCUT2D eigenvalue weighted by atomic mass is 16.5.